The number of piperazine rings is 1. The van der Waals surface area contributed by atoms with E-state index in [1.165, 1.54) is 0 Å². The molecule has 100 valence electrons. The van der Waals surface area contributed by atoms with Gasteiger partial charge in [-0.05, 0) is 37.1 Å². The minimum atomic E-state index is -0.0590. The average molecular weight is 323 g/mol. The molecule has 1 heterocycles. The minimum Gasteiger partial charge on any atom is -0.336 e. The lowest BCUT2D eigenvalue weighted by atomic mass is 10.2. The van der Waals surface area contributed by atoms with Crippen LogP contribution in [-0.2, 0) is 4.79 Å². The summed E-state index contributed by atoms with van der Waals surface area (Å²) in [6.45, 7) is 1.52. The predicted octanol–water partition coefficient (Wildman–Crippen LogP) is 1.90. The molecule has 0 radical (unpaired) electrons. The highest BCUT2D eigenvalue weighted by Gasteiger charge is 2.36. The van der Waals surface area contributed by atoms with Crippen LogP contribution in [0.2, 0.25) is 0 Å². The predicted molar refractivity (Wildman–Crippen MR) is 74.8 cm³/mol. The van der Waals surface area contributed by atoms with E-state index in [4.69, 9.17) is 0 Å². The van der Waals surface area contributed by atoms with E-state index < -0.39 is 0 Å². The summed E-state index contributed by atoms with van der Waals surface area (Å²) >= 11 is 3.35. The fourth-order valence-electron chi connectivity index (χ4n) is 2.41. The lowest BCUT2D eigenvalue weighted by Gasteiger charge is -2.34. The number of hydrogen-bond donors (Lipinski definition) is 0. The molecule has 1 saturated heterocycles. The van der Waals surface area contributed by atoms with E-state index in [1.54, 1.807) is 17.0 Å². The molecule has 0 atom stereocenters. The zero-order valence-electron chi connectivity index (χ0n) is 10.5. The van der Waals surface area contributed by atoms with Gasteiger partial charge < -0.3 is 9.80 Å². The molecule has 1 aliphatic carbocycles. The zero-order chi connectivity index (χ0) is 13.4. The normalized spacial score (nSPS) is 19.7. The van der Waals surface area contributed by atoms with Crippen molar-refractivity contribution in [2.24, 2.45) is 0 Å². The lowest BCUT2D eigenvalue weighted by Crippen LogP contribution is -2.52. The van der Waals surface area contributed by atoms with E-state index in [0.717, 1.165) is 17.3 Å². The number of amides is 2. The SMILES string of the molecule is O=C(c1ccc(Br)cc1)N1CCN(C2CC2)C(=O)C1. The first-order valence-corrected chi connectivity index (χ1v) is 7.29. The van der Waals surface area contributed by atoms with Crippen LogP contribution < -0.4 is 0 Å². The monoisotopic (exact) mass is 322 g/mol. The molecule has 2 amide bonds. The second-order valence-electron chi connectivity index (χ2n) is 5.05. The molecule has 0 unspecified atom stereocenters. The van der Waals surface area contributed by atoms with Gasteiger partial charge in [-0.25, -0.2) is 0 Å². The van der Waals surface area contributed by atoms with Gasteiger partial charge in [0.25, 0.3) is 5.91 Å². The summed E-state index contributed by atoms with van der Waals surface area (Å²) in [5, 5.41) is 0. The number of rotatable bonds is 2. The molecular weight excluding hydrogens is 308 g/mol. The number of halogens is 1. The molecule has 4 nitrogen and oxygen atoms in total. The fourth-order valence-corrected chi connectivity index (χ4v) is 2.67. The number of nitrogens with zero attached hydrogens (tertiary/aromatic N) is 2. The van der Waals surface area contributed by atoms with Crippen LogP contribution in [-0.4, -0.2) is 47.3 Å². The van der Waals surface area contributed by atoms with Crippen LogP contribution in [0.3, 0.4) is 0 Å². The molecule has 0 bridgehead atoms. The first kappa shape index (κ1) is 12.7. The molecule has 19 heavy (non-hydrogen) atoms. The molecule has 0 aromatic heterocycles. The Labute approximate surface area is 120 Å². The van der Waals surface area contributed by atoms with Crippen molar-refractivity contribution in [2.45, 2.75) is 18.9 Å². The summed E-state index contributed by atoms with van der Waals surface area (Å²) in [6, 6.07) is 7.69. The summed E-state index contributed by atoms with van der Waals surface area (Å²) in [6.07, 6.45) is 2.23. The highest BCUT2D eigenvalue weighted by molar-refractivity contribution is 9.10. The maximum absolute atomic E-state index is 12.3. The molecule has 2 aliphatic rings. The van der Waals surface area contributed by atoms with Crippen molar-refractivity contribution in [3.05, 3.63) is 34.3 Å². The topological polar surface area (TPSA) is 40.6 Å². The summed E-state index contributed by atoms with van der Waals surface area (Å²) < 4.78 is 0.943. The molecule has 0 spiro atoms. The summed E-state index contributed by atoms with van der Waals surface area (Å²) in [4.78, 5) is 27.9. The van der Waals surface area contributed by atoms with Gasteiger partial charge >= 0.3 is 0 Å². The third-order valence-electron chi connectivity index (χ3n) is 3.62. The van der Waals surface area contributed by atoms with Crippen molar-refractivity contribution in [2.75, 3.05) is 19.6 Å². The Morgan fingerprint density at radius 1 is 1.16 bits per heavy atom. The highest BCUT2D eigenvalue weighted by Crippen LogP contribution is 2.28. The molecule has 1 aliphatic heterocycles. The third kappa shape index (κ3) is 2.66. The van der Waals surface area contributed by atoms with Crippen molar-refractivity contribution in [3.8, 4) is 0 Å². The summed E-state index contributed by atoms with van der Waals surface area (Å²) in [5.41, 5.74) is 0.635. The maximum Gasteiger partial charge on any atom is 0.254 e. The van der Waals surface area contributed by atoms with Gasteiger partial charge in [-0.2, -0.15) is 0 Å². The molecule has 1 aromatic carbocycles. The van der Waals surface area contributed by atoms with Crippen LogP contribution in [0.1, 0.15) is 23.2 Å². The highest BCUT2D eigenvalue weighted by atomic mass is 79.9. The van der Waals surface area contributed by atoms with Crippen molar-refractivity contribution >= 4 is 27.7 Å². The summed E-state index contributed by atoms with van der Waals surface area (Å²) in [7, 11) is 0. The molecule has 2 fully saturated rings. The number of benzene rings is 1. The number of carbonyl (C=O) groups excluding carboxylic acids is 2. The fraction of sp³-hybridized carbons (Fsp3) is 0.429. The molecule has 1 aromatic rings. The minimum absolute atomic E-state index is 0.0590. The molecule has 1 saturated carbocycles. The quantitative estimate of drug-likeness (QED) is 0.834. The number of hydrogen-bond acceptors (Lipinski definition) is 2. The van der Waals surface area contributed by atoms with Gasteiger partial charge in [-0.3, -0.25) is 9.59 Å². The molecule has 5 heteroatoms. The van der Waals surface area contributed by atoms with Crippen LogP contribution in [0.5, 0.6) is 0 Å². The van der Waals surface area contributed by atoms with Crippen molar-refractivity contribution in [1.82, 2.24) is 9.80 Å². The van der Waals surface area contributed by atoms with Crippen LogP contribution in [0.25, 0.3) is 0 Å². The van der Waals surface area contributed by atoms with E-state index in [2.05, 4.69) is 15.9 Å². The van der Waals surface area contributed by atoms with Gasteiger partial charge in [0, 0.05) is 29.2 Å². The van der Waals surface area contributed by atoms with Gasteiger partial charge in [0.1, 0.15) is 6.54 Å². The van der Waals surface area contributed by atoms with Crippen LogP contribution >= 0.6 is 15.9 Å². The molecule has 0 N–H and O–H groups in total. The van der Waals surface area contributed by atoms with Gasteiger partial charge in [-0.1, -0.05) is 15.9 Å². The van der Waals surface area contributed by atoms with Gasteiger partial charge in [0.05, 0.1) is 0 Å². The summed E-state index contributed by atoms with van der Waals surface area (Å²) in [5.74, 6) is 0.0236. The first-order valence-electron chi connectivity index (χ1n) is 6.49. The lowest BCUT2D eigenvalue weighted by molar-refractivity contribution is -0.135. The second kappa shape index (κ2) is 4.96. The van der Waals surface area contributed by atoms with Gasteiger partial charge in [-0.15, -0.1) is 0 Å². The molecular formula is C14H15BrN2O2. The Bertz CT molecular complexity index is 511. The van der Waals surface area contributed by atoms with Crippen molar-refractivity contribution in [3.63, 3.8) is 0 Å². The van der Waals surface area contributed by atoms with Crippen LogP contribution in [0.4, 0.5) is 0 Å². The zero-order valence-corrected chi connectivity index (χ0v) is 12.1. The Kier molecular flexibility index (Phi) is 3.31. The Hall–Kier alpha value is -1.36. The Morgan fingerprint density at radius 2 is 1.84 bits per heavy atom. The van der Waals surface area contributed by atoms with Crippen molar-refractivity contribution < 1.29 is 9.59 Å². The average Bonchev–Trinajstić information content (AvgIpc) is 3.23. The molecule has 3 rings (SSSR count). The van der Waals surface area contributed by atoms with Crippen molar-refractivity contribution in [1.29, 1.82) is 0 Å². The van der Waals surface area contributed by atoms with Crippen LogP contribution in [0.15, 0.2) is 28.7 Å². The van der Waals surface area contributed by atoms with Gasteiger partial charge in [0.15, 0.2) is 0 Å². The van der Waals surface area contributed by atoms with E-state index in [0.29, 0.717) is 24.7 Å². The van der Waals surface area contributed by atoms with E-state index in [9.17, 15) is 9.59 Å². The van der Waals surface area contributed by atoms with Crippen LogP contribution in [0, 0.1) is 0 Å². The maximum atomic E-state index is 12.3. The Morgan fingerprint density at radius 3 is 2.42 bits per heavy atom. The second-order valence-corrected chi connectivity index (χ2v) is 5.97. The third-order valence-corrected chi connectivity index (χ3v) is 4.15. The smallest absolute Gasteiger partial charge is 0.254 e. The van der Waals surface area contributed by atoms with E-state index in [-0.39, 0.29) is 18.4 Å². The van der Waals surface area contributed by atoms with E-state index >= 15 is 0 Å². The largest absolute Gasteiger partial charge is 0.336 e. The number of carbonyl (C=O) groups is 2. The Balaban J connectivity index is 1.68. The standard InChI is InChI=1S/C14H15BrN2O2/c15-11-3-1-10(2-4-11)14(19)16-7-8-17(12-5-6-12)13(18)9-16/h1-4,12H,5-9H2. The first-order chi connectivity index (χ1) is 9.15. The van der Waals surface area contributed by atoms with E-state index in [1.807, 2.05) is 17.0 Å². The van der Waals surface area contributed by atoms with Gasteiger partial charge in [0.2, 0.25) is 5.91 Å².